The predicted molar refractivity (Wildman–Crippen MR) is 95.9 cm³/mol. The molecule has 0 unspecified atom stereocenters. The number of aromatic amines is 1. The van der Waals surface area contributed by atoms with Crippen LogP contribution in [0.3, 0.4) is 0 Å². The van der Waals surface area contributed by atoms with Gasteiger partial charge >= 0.3 is 5.97 Å². The first-order valence-electron chi connectivity index (χ1n) is 8.36. The van der Waals surface area contributed by atoms with E-state index in [4.69, 9.17) is 5.11 Å². The van der Waals surface area contributed by atoms with Crippen LogP contribution in [0.25, 0.3) is 10.9 Å². The van der Waals surface area contributed by atoms with E-state index in [0.29, 0.717) is 16.2 Å². The van der Waals surface area contributed by atoms with E-state index in [1.165, 1.54) is 22.7 Å². The second-order valence-corrected chi connectivity index (χ2v) is 7.63. The van der Waals surface area contributed by atoms with Gasteiger partial charge in [-0.2, -0.15) is 0 Å². The van der Waals surface area contributed by atoms with E-state index >= 15 is 0 Å². The molecule has 2 heterocycles. The van der Waals surface area contributed by atoms with E-state index in [1.807, 2.05) is 12.3 Å². The van der Waals surface area contributed by atoms with Gasteiger partial charge in [0.25, 0.3) is 0 Å². The molecule has 1 fully saturated rings. The molecule has 1 saturated carbocycles. The number of hydrogen-bond acceptors (Lipinski definition) is 5. The summed E-state index contributed by atoms with van der Waals surface area (Å²) in [5.74, 6) is -0.455. The summed E-state index contributed by atoms with van der Waals surface area (Å²) < 4.78 is 0. The highest BCUT2D eigenvalue weighted by Crippen LogP contribution is 2.40. The molecule has 1 aromatic carbocycles. The monoisotopic (exact) mass is 354 g/mol. The molecule has 2 aromatic heterocycles. The number of carbonyl (C=O) groups is 1. The third-order valence-corrected chi connectivity index (χ3v) is 6.10. The average molecular weight is 354 g/mol. The molecular weight excluding hydrogens is 336 g/mol. The Labute approximate surface area is 149 Å². The normalized spacial score (nSPS) is 20.6. The first-order valence-corrected chi connectivity index (χ1v) is 9.24. The third kappa shape index (κ3) is 3.37. The largest absolute Gasteiger partial charge is 0.476 e. The molecule has 0 amide bonds. The summed E-state index contributed by atoms with van der Waals surface area (Å²) in [5.41, 5.74) is 2.49. The van der Waals surface area contributed by atoms with Crippen LogP contribution >= 0.6 is 11.8 Å². The van der Waals surface area contributed by atoms with Crippen LogP contribution in [0.5, 0.6) is 0 Å². The fraction of sp³-hybridized carbons (Fsp3) is 0.333. The van der Waals surface area contributed by atoms with Crippen molar-refractivity contribution in [1.82, 2.24) is 20.4 Å². The van der Waals surface area contributed by atoms with Crippen molar-refractivity contribution in [2.24, 2.45) is 0 Å². The molecule has 3 aromatic rings. The van der Waals surface area contributed by atoms with Gasteiger partial charge in [-0.3, -0.25) is 10.1 Å². The van der Waals surface area contributed by atoms with Gasteiger partial charge in [0.2, 0.25) is 0 Å². The van der Waals surface area contributed by atoms with Crippen LogP contribution < -0.4 is 0 Å². The van der Waals surface area contributed by atoms with Crippen molar-refractivity contribution in [2.75, 3.05) is 0 Å². The van der Waals surface area contributed by atoms with Gasteiger partial charge in [-0.25, -0.2) is 4.79 Å². The highest BCUT2D eigenvalue weighted by molar-refractivity contribution is 7.99. The highest BCUT2D eigenvalue weighted by atomic mass is 32.2. The number of rotatable bonds is 4. The molecule has 0 radical (unpaired) electrons. The Morgan fingerprint density at radius 3 is 2.84 bits per heavy atom. The highest BCUT2D eigenvalue weighted by Gasteiger charge is 2.26. The fourth-order valence-electron chi connectivity index (χ4n) is 3.46. The van der Waals surface area contributed by atoms with Gasteiger partial charge in [0, 0.05) is 16.8 Å². The van der Waals surface area contributed by atoms with Crippen molar-refractivity contribution in [1.29, 1.82) is 0 Å². The molecule has 7 heteroatoms. The minimum atomic E-state index is -1.01. The number of benzene rings is 1. The minimum Gasteiger partial charge on any atom is -0.476 e. The van der Waals surface area contributed by atoms with Gasteiger partial charge in [-0.05, 0) is 55.4 Å². The number of aromatic carboxylic acids is 1. The topological polar surface area (TPSA) is 91.8 Å². The minimum absolute atomic E-state index is 0.0918. The number of carboxylic acid groups (broad SMARTS) is 1. The zero-order valence-corrected chi connectivity index (χ0v) is 14.4. The number of fused-ring (bicyclic) bond motifs is 1. The Morgan fingerprint density at radius 1 is 1.20 bits per heavy atom. The molecule has 25 heavy (non-hydrogen) atoms. The number of thioether (sulfide) groups is 1. The van der Waals surface area contributed by atoms with Gasteiger partial charge in [0.15, 0.2) is 10.7 Å². The van der Waals surface area contributed by atoms with Crippen LogP contribution in [0.1, 0.15) is 47.7 Å². The van der Waals surface area contributed by atoms with Gasteiger partial charge in [0.05, 0.1) is 5.52 Å². The zero-order chi connectivity index (χ0) is 17.2. The number of nitrogens with zero attached hydrogens (tertiary/aromatic N) is 3. The van der Waals surface area contributed by atoms with Crippen molar-refractivity contribution in [3.63, 3.8) is 0 Å². The van der Waals surface area contributed by atoms with Crippen LogP contribution in [-0.4, -0.2) is 36.7 Å². The molecule has 0 aliphatic heterocycles. The van der Waals surface area contributed by atoms with E-state index in [0.717, 1.165) is 31.2 Å². The summed E-state index contributed by atoms with van der Waals surface area (Å²) in [6.07, 6.45) is 6.12. The predicted octanol–water partition coefficient (Wildman–Crippen LogP) is 3.87. The summed E-state index contributed by atoms with van der Waals surface area (Å²) >= 11 is 1.53. The molecular formula is C18H18N4O2S. The van der Waals surface area contributed by atoms with Crippen molar-refractivity contribution < 1.29 is 9.90 Å². The maximum absolute atomic E-state index is 11.1. The number of aromatic nitrogens is 4. The third-order valence-electron chi connectivity index (χ3n) is 4.78. The van der Waals surface area contributed by atoms with Gasteiger partial charge in [-0.1, -0.05) is 29.1 Å². The Balaban J connectivity index is 1.42. The molecule has 6 nitrogen and oxygen atoms in total. The van der Waals surface area contributed by atoms with Crippen LogP contribution in [0.4, 0.5) is 0 Å². The first kappa shape index (κ1) is 16.1. The molecule has 0 bridgehead atoms. The van der Waals surface area contributed by atoms with Crippen molar-refractivity contribution in [2.45, 2.75) is 41.9 Å². The van der Waals surface area contributed by atoms with E-state index in [-0.39, 0.29) is 5.69 Å². The van der Waals surface area contributed by atoms with Gasteiger partial charge < -0.3 is 5.11 Å². The maximum atomic E-state index is 11.1. The second-order valence-electron chi connectivity index (χ2n) is 6.34. The van der Waals surface area contributed by atoms with E-state index < -0.39 is 5.97 Å². The smallest absolute Gasteiger partial charge is 0.356 e. The summed E-state index contributed by atoms with van der Waals surface area (Å²) in [4.78, 5) is 15.5. The lowest BCUT2D eigenvalue weighted by Crippen LogP contribution is -2.15. The van der Waals surface area contributed by atoms with Crippen LogP contribution in [0, 0.1) is 0 Å². The number of nitrogens with one attached hydrogen (secondary N) is 1. The summed E-state index contributed by atoms with van der Waals surface area (Å²) in [6, 6.07) is 10.6. The van der Waals surface area contributed by atoms with Crippen LogP contribution in [-0.2, 0) is 0 Å². The zero-order valence-electron chi connectivity index (χ0n) is 13.6. The molecule has 2 N–H and O–H groups in total. The standard InChI is InChI=1S/C18H18N4O2S/c23-18(24)16-17(21-22-20-16)25-14-6-3-11(4-7-14)12-5-8-15-13(10-12)2-1-9-19-15/h1-2,5,8-11,14H,3-4,6-7H2,(H,23,24)(H,20,21,22)/t11-,14-. The summed E-state index contributed by atoms with van der Waals surface area (Å²) in [7, 11) is 0. The summed E-state index contributed by atoms with van der Waals surface area (Å²) in [5, 5.41) is 21.2. The average Bonchev–Trinajstić information content (AvgIpc) is 3.10. The molecule has 0 saturated heterocycles. The Hall–Kier alpha value is -2.41. The lowest BCUT2D eigenvalue weighted by molar-refractivity contribution is 0.0686. The first-order chi connectivity index (χ1) is 12.2. The SMILES string of the molecule is O=C(O)c1[nH]nnc1S[C@H]1CC[C@H](c2ccc3ncccc3c2)CC1. The van der Waals surface area contributed by atoms with E-state index in [1.54, 1.807) is 0 Å². The second kappa shape index (κ2) is 6.84. The number of H-pyrrole nitrogens is 1. The lowest BCUT2D eigenvalue weighted by Gasteiger charge is -2.28. The van der Waals surface area contributed by atoms with E-state index in [2.05, 4.69) is 44.7 Å². The summed E-state index contributed by atoms with van der Waals surface area (Å²) in [6.45, 7) is 0. The molecule has 0 spiro atoms. The lowest BCUT2D eigenvalue weighted by atomic mass is 9.83. The van der Waals surface area contributed by atoms with E-state index in [9.17, 15) is 4.79 Å². The van der Waals surface area contributed by atoms with Gasteiger partial charge in [-0.15, -0.1) is 5.10 Å². The Morgan fingerprint density at radius 2 is 2.04 bits per heavy atom. The van der Waals surface area contributed by atoms with Gasteiger partial charge in [0.1, 0.15) is 0 Å². The van der Waals surface area contributed by atoms with Crippen molar-refractivity contribution >= 4 is 28.6 Å². The van der Waals surface area contributed by atoms with Crippen LogP contribution in [0.15, 0.2) is 41.6 Å². The Kier molecular flexibility index (Phi) is 4.40. The number of hydrogen-bond donors (Lipinski definition) is 2. The van der Waals surface area contributed by atoms with Crippen molar-refractivity contribution in [3.8, 4) is 0 Å². The van der Waals surface area contributed by atoms with Crippen molar-refractivity contribution in [3.05, 3.63) is 47.8 Å². The number of carboxylic acids is 1. The molecule has 4 rings (SSSR count). The Bertz CT molecular complexity index is 903. The maximum Gasteiger partial charge on any atom is 0.356 e. The number of pyridine rings is 1. The molecule has 1 aliphatic rings. The quantitative estimate of drug-likeness (QED) is 0.739. The molecule has 1 aliphatic carbocycles. The molecule has 0 atom stereocenters. The molecule has 128 valence electrons. The fourth-order valence-corrected chi connectivity index (χ4v) is 4.62. The van der Waals surface area contributed by atoms with Crippen LogP contribution in [0.2, 0.25) is 0 Å².